The molecule has 2 aromatic carbocycles. The van der Waals surface area contributed by atoms with Gasteiger partial charge in [-0.1, -0.05) is 12.1 Å². The van der Waals surface area contributed by atoms with Crippen molar-refractivity contribution in [1.29, 1.82) is 5.26 Å². The number of aromatic nitrogens is 2. The lowest BCUT2D eigenvalue weighted by Crippen LogP contribution is -2.12. The van der Waals surface area contributed by atoms with Crippen LogP contribution in [0.1, 0.15) is 23.8 Å². The van der Waals surface area contributed by atoms with Gasteiger partial charge >= 0.3 is 6.18 Å². The SMILES string of the molecule is N#CN1CCC(c2nnc(-c3ccccc3Nc3ccc(C(F)(F)F)cc3)o2)C1. The number of nitrogens with zero attached hydrogens (tertiary/aromatic N) is 4. The lowest BCUT2D eigenvalue weighted by Gasteiger charge is -2.11. The van der Waals surface area contributed by atoms with Crippen molar-refractivity contribution in [1.82, 2.24) is 15.1 Å². The molecule has 1 unspecified atom stereocenters. The fraction of sp³-hybridized carbons (Fsp3) is 0.250. The van der Waals surface area contributed by atoms with E-state index in [1.807, 2.05) is 6.07 Å². The van der Waals surface area contributed by atoms with Crippen molar-refractivity contribution >= 4 is 11.4 Å². The van der Waals surface area contributed by atoms with E-state index < -0.39 is 11.7 Å². The van der Waals surface area contributed by atoms with Gasteiger partial charge in [0.05, 0.1) is 22.7 Å². The van der Waals surface area contributed by atoms with Crippen LogP contribution in [0.25, 0.3) is 11.5 Å². The Hall–Kier alpha value is -3.54. The molecule has 0 saturated carbocycles. The minimum absolute atomic E-state index is 0.00549. The summed E-state index contributed by atoms with van der Waals surface area (Å²) in [6, 6.07) is 12.0. The molecule has 6 nitrogen and oxygen atoms in total. The Morgan fingerprint density at radius 3 is 2.55 bits per heavy atom. The monoisotopic (exact) mass is 399 g/mol. The first kappa shape index (κ1) is 18.8. The third-order valence-corrected chi connectivity index (χ3v) is 4.77. The summed E-state index contributed by atoms with van der Waals surface area (Å²) in [5.74, 6) is 0.790. The molecule has 4 rings (SSSR count). The number of nitrogens with one attached hydrogen (secondary N) is 1. The molecule has 0 amide bonds. The van der Waals surface area contributed by atoms with E-state index >= 15 is 0 Å². The molecule has 148 valence electrons. The summed E-state index contributed by atoms with van der Waals surface area (Å²) in [7, 11) is 0. The van der Waals surface area contributed by atoms with Crippen molar-refractivity contribution in [2.24, 2.45) is 0 Å². The average Bonchev–Trinajstić information content (AvgIpc) is 3.37. The predicted molar refractivity (Wildman–Crippen MR) is 99.0 cm³/mol. The van der Waals surface area contributed by atoms with Crippen LogP contribution in [0.5, 0.6) is 0 Å². The smallest absolute Gasteiger partial charge is 0.416 e. The summed E-state index contributed by atoms with van der Waals surface area (Å²) >= 11 is 0. The molecule has 9 heteroatoms. The summed E-state index contributed by atoms with van der Waals surface area (Å²) in [4.78, 5) is 1.65. The molecule has 1 aliphatic rings. The van der Waals surface area contributed by atoms with Crippen LogP contribution in [0.2, 0.25) is 0 Å². The quantitative estimate of drug-likeness (QED) is 0.637. The highest BCUT2D eigenvalue weighted by Crippen LogP contribution is 2.34. The van der Waals surface area contributed by atoms with E-state index in [1.165, 1.54) is 12.1 Å². The summed E-state index contributed by atoms with van der Waals surface area (Å²) in [5, 5.41) is 20.3. The number of para-hydroxylation sites is 1. The maximum Gasteiger partial charge on any atom is 0.416 e. The lowest BCUT2D eigenvalue weighted by molar-refractivity contribution is -0.137. The van der Waals surface area contributed by atoms with Crippen molar-refractivity contribution < 1.29 is 17.6 Å². The van der Waals surface area contributed by atoms with Crippen LogP contribution < -0.4 is 5.32 Å². The predicted octanol–water partition coefficient (Wildman–Crippen LogP) is 4.77. The number of halogens is 3. The highest BCUT2D eigenvalue weighted by Gasteiger charge is 2.30. The summed E-state index contributed by atoms with van der Waals surface area (Å²) < 4.78 is 44.1. The molecule has 3 aromatic rings. The van der Waals surface area contributed by atoms with E-state index in [9.17, 15) is 13.2 Å². The van der Waals surface area contributed by atoms with Crippen molar-refractivity contribution in [3.63, 3.8) is 0 Å². The van der Waals surface area contributed by atoms with E-state index in [2.05, 4.69) is 21.7 Å². The first-order chi connectivity index (χ1) is 13.9. The van der Waals surface area contributed by atoms with Crippen LogP contribution in [-0.4, -0.2) is 28.2 Å². The molecule has 29 heavy (non-hydrogen) atoms. The van der Waals surface area contributed by atoms with Gasteiger partial charge < -0.3 is 14.6 Å². The number of hydrogen-bond donors (Lipinski definition) is 1. The molecule has 0 radical (unpaired) electrons. The molecular formula is C20H16F3N5O. The fourth-order valence-corrected chi connectivity index (χ4v) is 3.24. The number of benzene rings is 2. The zero-order chi connectivity index (χ0) is 20.4. The number of hydrogen-bond acceptors (Lipinski definition) is 6. The number of alkyl halides is 3. The Labute approximate surface area is 164 Å². The fourth-order valence-electron chi connectivity index (χ4n) is 3.24. The van der Waals surface area contributed by atoms with Crippen LogP contribution in [0, 0.1) is 11.5 Å². The van der Waals surface area contributed by atoms with Gasteiger partial charge in [-0.15, -0.1) is 10.2 Å². The average molecular weight is 399 g/mol. The van der Waals surface area contributed by atoms with Gasteiger partial charge in [0, 0.05) is 18.8 Å². The van der Waals surface area contributed by atoms with Gasteiger partial charge in [-0.25, -0.2) is 0 Å². The summed E-state index contributed by atoms with van der Waals surface area (Å²) in [6.45, 7) is 1.20. The largest absolute Gasteiger partial charge is 0.420 e. The lowest BCUT2D eigenvalue weighted by atomic mass is 10.1. The third kappa shape index (κ3) is 4.01. The molecule has 0 aliphatic carbocycles. The van der Waals surface area contributed by atoms with E-state index in [1.54, 1.807) is 23.1 Å². The van der Waals surface area contributed by atoms with Gasteiger partial charge in [0.1, 0.15) is 0 Å². The topological polar surface area (TPSA) is 78.0 Å². The highest BCUT2D eigenvalue weighted by molar-refractivity contribution is 5.76. The van der Waals surface area contributed by atoms with Gasteiger partial charge in [-0.3, -0.25) is 0 Å². The van der Waals surface area contributed by atoms with E-state index in [0.717, 1.165) is 18.6 Å². The van der Waals surface area contributed by atoms with Gasteiger partial charge in [0.2, 0.25) is 11.8 Å². The molecule has 0 bridgehead atoms. The maximum atomic E-state index is 12.7. The molecule has 1 aromatic heterocycles. The molecular weight excluding hydrogens is 383 g/mol. The van der Waals surface area contributed by atoms with Crippen molar-refractivity contribution in [2.75, 3.05) is 18.4 Å². The Balaban J connectivity index is 1.56. The van der Waals surface area contributed by atoms with Crippen molar-refractivity contribution in [3.05, 3.63) is 60.0 Å². The van der Waals surface area contributed by atoms with E-state index in [-0.39, 0.29) is 5.92 Å². The number of rotatable bonds is 4. The van der Waals surface area contributed by atoms with E-state index in [4.69, 9.17) is 9.68 Å². The second-order valence-electron chi connectivity index (χ2n) is 6.72. The molecule has 1 fully saturated rings. The Kier molecular flexibility index (Phi) is 4.84. The first-order valence-corrected chi connectivity index (χ1v) is 8.96. The Bertz CT molecular complexity index is 1040. The second kappa shape index (κ2) is 7.47. The van der Waals surface area contributed by atoms with Crippen LogP contribution in [0.15, 0.2) is 52.9 Å². The molecule has 1 saturated heterocycles. The zero-order valence-corrected chi connectivity index (χ0v) is 15.1. The first-order valence-electron chi connectivity index (χ1n) is 8.96. The van der Waals surface area contributed by atoms with Crippen LogP contribution in [0.4, 0.5) is 24.5 Å². The van der Waals surface area contributed by atoms with Crippen LogP contribution >= 0.6 is 0 Å². The third-order valence-electron chi connectivity index (χ3n) is 4.77. The van der Waals surface area contributed by atoms with Gasteiger partial charge in [-0.05, 0) is 42.8 Å². The minimum Gasteiger partial charge on any atom is -0.420 e. The molecule has 1 aliphatic heterocycles. The van der Waals surface area contributed by atoms with Crippen molar-refractivity contribution in [2.45, 2.75) is 18.5 Å². The van der Waals surface area contributed by atoms with E-state index in [0.29, 0.717) is 41.8 Å². The standard InChI is InChI=1S/C20H16F3N5O/c21-20(22,23)14-5-7-15(8-6-14)25-17-4-2-1-3-16(17)19-27-26-18(29-19)13-9-10-28(11-13)12-24/h1-8,13,25H,9-11H2. The molecule has 1 N–H and O–H groups in total. The normalized spacial score (nSPS) is 16.6. The Morgan fingerprint density at radius 1 is 1.10 bits per heavy atom. The maximum absolute atomic E-state index is 12.7. The number of anilines is 2. The van der Waals surface area contributed by atoms with Crippen LogP contribution in [0.3, 0.4) is 0 Å². The Morgan fingerprint density at radius 2 is 1.86 bits per heavy atom. The van der Waals surface area contributed by atoms with Crippen molar-refractivity contribution in [3.8, 4) is 17.6 Å². The number of likely N-dealkylation sites (tertiary alicyclic amines) is 1. The molecule has 1 atom stereocenters. The second-order valence-corrected chi connectivity index (χ2v) is 6.72. The van der Waals surface area contributed by atoms with Gasteiger partial charge in [-0.2, -0.15) is 18.4 Å². The summed E-state index contributed by atoms with van der Waals surface area (Å²) in [6.07, 6.45) is -1.50. The van der Waals surface area contributed by atoms with Gasteiger partial charge in [0.15, 0.2) is 6.19 Å². The van der Waals surface area contributed by atoms with Gasteiger partial charge in [0.25, 0.3) is 0 Å². The highest BCUT2D eigenvalue weighted by atomic mass is 19.4. The number of nitriles is 1. The zero-order valence-electron chi connectivity index (χ0n) is 15.1. The molecule has 2 heterocycles. The van der Waals surface area contributed by atoms with Crippen LogP contribution in [-0.2, 0) is 6.18 Å². The minimum atomic E-state index is -4.38. The summed E-state index contributed by atoms with van der Waals surface area (Å²) in [5.41, 5.74) is 1.07. The molecule has 0 spiro atoms.